The van der Waals surface area contributed by atoms with Crippen LogP contribution in [0.25, 0.3) is 11.1 Å². The molecule has 0 aromatic heterocycles. The lowest BCUT2D eigenvalue weighted by molar-refractivity contribution is -0.130. The van der Waals surface area contributed by atoms with Crippen LogP contribution in [0.4, 0.5) is 0 Å². The average Bonchev–Trinajstić information content (AvgIpc) is 2.67. The molecule has 25 heavy (non-hydrogen) atoms. The molecule has 1 aliphatic heterocycles. The molecule has 0 atom stereocenters. The van der Waals surface area contributed by atoms with Crippen molar-refractivity contribution < 1.29 is 9.59 Å². The van der Waals surface area contributed by atoms with Crippen LogP contribution >= 0.6 is 0 Å². The maximum absolute atomic E-state index is 12.3. The Labute approximate surface area is 148 Å². The molecule has 0 spiro atoms. The van der Waals surface area contributed by atoms with Crippen molar-refractivity contribution in [2.45, 2.75) is 19.8 Å². The van der Waals surface area contributed by atoms with E-state index in [0.717, 1.165) is 37.1 Å². The van der Waals surface area contributed by atoms with Gasteiger partial charge in [0.05, 0.1) is 0 Å². The number of hydrogen-bond acceptors (Lipinski definition) is 2. The van der Waals surface area contributed by atoms with Gasteiger partial charge in [-0.15, -0.1) is 0 Å². The van der Waals surface area contributed by atoms with E-state index in [1.54, 1.807) is 6.92 Å². The lowest BCUT2D eigenvalue weighted by Gasteiger charge is -2.31. The highest BCUT2D eigenvalue weighted by Gasteiger charge is 2.21. The molecule has 1 heterocycles. The van der Waals surface area contributed by atoms with E-state index in [1.807, 2.05) is 47.4 Å². The second-order valence-electron chi connectivity index (χ2n) is 6.60. The van der Waals surface area contributed by atoms with Crippen LogP contribution in [0, 0.1) is 5.92 Å². The number of likely N-dealkylation sites (tertiary alicyclic amines) is 1. The third kappa shape index (κ3) is 4.47. The van der Waals surface area contributed by atoms with Crippen molar-refractivity contribution in [1.82, 2.24) is 10.2 Å². The molecular formula is C21H24N2O2. The smallest absolute Gasteiger partial charge is 0.251 e. The summed E-state index contributed by atoms with van der Waals surface area (Å²) >= 11 is 0. The maximum Gasteiger partial charge on any atom is 0.251 e. The van der Waals surface area contributed by atoms with Crippen LogP contribution in [0.2, 0.25) is 0 Å². The third-order valence-electron chi connectivity index (χ3n) is 4.87. The molecule has 0 bridgehead atoms. The lowest BCUT2D eigenvalue weighted by Crippen LogP contribution is -2.40. The topological polar surface area (TPSA) is 49.4 Å². The standard InChI is InChI=1S/C21H24N2O2/c1-16(24)23-13-11-17(12-14-23)15-22-21(25)20-9-7-19(8-10-20)18-5-3-2-4-6-18/h2-10,17H,11-15H2,1H3,(H,22,25). The van der Waals surface area contributed by atoms with Gasteiger partial charge in [0.2, 0.25) is 5.91 Å². The summed E-state index contributed by atoms with van der Waals surface area (Å²) in [6.07, 6.45) is 1.90. The van der Waals surface area contributed by atoms with Crippen molar-refractivity contribution in [3.8, 4) is 11.1 Å². The second kappa shape index (κ2) is 7.97. The van der Waals surface area contributed by atoms with Crippen molar-refractivity contribution in [3.05, 3.63) is 60.2 Å². The van der Waals surface area contributed by atoms with Crippen LogP contribution in [-0.2, 0) is 4.79 Å². The van der Waals surface area contributed by atoms with Crippen molar-refractivity contribution in [1.29, 1.82) is 0 Å². The molecule has 1 N–H and O–H groups in total. The van der Waals surface area contributed by atoms with Gasteiger partial charge in [-0.25, -0.2) is 0 Å². The minimum Gasteiger partial charge on any atom is -0.352 e. The number of nitrogens with one attached hydrogen (secondary N) is 1. The first-order valence-corrected chi connectivity index (χ1v) is 8.82. The molecule has 1 saturated heterocycles. The van der Waals surface area contributed by atoms with E-state index < -0.39 is 0 Å². The fourth-order valence-electron chi connectivity index (χ4n) is 3.24. The van der Waals surface area contributed by atoms with Crippen LogP contribution in [0.1, 0.15) is 30.1 Å². The number of benzene rings is 2. The SMILES string of the molecule is CC(=O)N1CCC(CNC(=O)c2ccc(-c3ccccc3)cc2)CC1. The van der Waals surface area contributed by atoms with Gasteiger partial charge < -0.3 is 10.2 Å². The van der Waals surface area contributed by atoms with Crippen LogP contribution in [-0.4, -0.2) is 36.3 Å². The van der Waals surface area contributed by atoms with Crippen molar-refractivity contribution in [2.75, 3.05) is 19.6 Å². The summed E-state index contributed by atoms with van der Waals surface area (Å²) in [6.45, 7) is 3.87. The number of amides is 2. The van der Waals surface area contributed by atoms with Gasteiger partial charge in [-0.2, -0.15) is 0 Å². The predicted octanol–water partition coefficient (Wildman–Crippen LogP) is 3.34. The molecular weight excluding hydrogens is 312 g/mol. The van der Waals surface area contributed by atoms with Crippen LogP contribution in [0.3, 0.4) is 0 Å². The summed E-state index contributed by atoms with van der Waals surface area (Å²) in [5, 5.41) is 3.03. The molecule has 4 nitrogen and oxygen atoms in total. The Morgan fingerprint density at radius 2 is 1.56 bits per heavy atom. The highest BCUT2D eigenvalue weighted by Crippen LogP contribution is 2.20. The zero-order valence-electron chi connectivity index (χ0n) is 14.6. The first-order chi connectivity index (χ1) is 12.1. The fourth-order valence-corrected chi connectivity index (χ4v) is 3.24. The van der Waals surface area contributed by atoms with E-state index >= 15 is 0 Å². The number of rotatable bonds is 4. The summed E-state index contributed by atoms with van der Waals surface area (Å²) in [6, 6.07) is 17.8. The Bertz CT molecular complexity index is 717. The molecule has 130 valence electrons. The largest absolute Gasteiger partial charge is 0.352 e. The van der Waals surface area contributed by atoms with Gasteiger partial charge in [-0.3, -0.25) is 9.59 Å². The summed E-state index contributed by atoms with van der Waals surface area (Å²) < 4.78 is 0. The van der Waals surface area contributed by atoms with Crippen molar-refractivity contribution in [3.63, 3.8) is 0 Å². The summed E-state index contributed by atoms with van der Waals surface area (Å²) in [7, 11) is 0. The number of piperidine rings is 1. The van der Waals surface area contributed by atoms with Gasteiger partial charge in [-0.1, -0.05) is 42.5 Å². The summed E-state index contributed by atoms with van der Waals surface area (Å²) in [5.41, 5.74) is 2.93. The second-order valence-corrected chi connectivity index (χ2v) is 6.60. The molecule has 0 radical (unpaired) electrons. The molecule has 4 heteroatoms. The van der Waals surface area contributed by atoms with Crippen LogP contribution < -0.4 is 5.32 Å². The van der Waals surface area contributed by atoms with Gasteiger partial charge in [-0.05, 0) is 42.0 Å². The first-order valence-electron chi connectivity index (χ1n) is 8.82. The monoisotopic (exact) mass is 336 g/mol. The van der Waals surface area contributed by atoms with Gasteiger partial charge in [0.15, 0.2) is 0 Å². The molecule has 2 aromatic carbocycles. The Balaban J connectivity index is 1.51. The van der Waals surface area contributed by atoms with E-state index in [9.17, 15) is 9.59 Å². The van der Waals surface area contributed by atoms with Gasteiger partial charge in [0, 0.05) is 32.1 Å². The summed E-state index contributed by atoms with van der Waals surface area (Å²) in [5.74, 6) is 0.553. The lowest BCUT2D eigenvalue weighted by atomic mass is 9.96. The predicted molar refractivity (Wildman–Crippen MR) is 99.2 cm³/mol. The summed E-state index contributed by atoms with van der Waals surface area (Å²) in [4.78, 5) is 25.6. The van der Waals surface area contributed by atoms with E-state index in [0.29, 0.717) is 18.0 Å². The molecule has 0 unspecified atom stereocenters. The fraction of sp³-hybridized carbons (Fsp3) is 0.333. The normalized spacial score (nSPS) is 15.0. The number of carbonyl (C=O) groups excluding carboxylic acids is 2. The first kappa shape index (κ1) is 17.2. The van der Waals surface area contributed by atoms with Gasteiger partial charge >= 0.3 is 0 Å². The van der Waals surface area contributed by atoms with Crippen molar-refractivity contribution in [2.24, 2.45) is 5.92 Å². The molecule has 3 rings (SSSR count). The van der Waals surface area contributed by atoms with Gasteiger partial charge in [0.1, 0.15) is 0 Å². The number of carbonyl (C=O) groups is 2. The van der Waals surface area contributed by atoms with E-state index in [1.165, 1.54) is 0 Å². The van der Waals surface area contributed by atoms with Crippen molar-refractivity contribution >= 4 is 11.8 Å². The number of hydrogen-bond donors (Lipinski definition) is 1. The molecule has 1 fully saturated rings. The highest BCUT2D eigenvalue weighted by molar-refractivity contribution is 5.94. The number of nitrogens with zero attached hydrogens (tertiary/aromatic N) is 1. The van der Waals surface area contributed by atoms with Crippen LogP contribution in [0.15, 0.2) is 54.6 Å². The zero-order chi connectivity index (χ0) is 17.6. The Morgan fingerprint density at radius 3 is 2.16 bits per heavy atom. The van der Waals surface area contributed by atoms with E-state index in [4.69, 9.17) is 0 Å². The quantitative estimate of drug-likeness (QED) is 0.931. The average molecular weight is 336 g/mol. The maximum atomic E-state index is 12.3. The Morgan fingerprint density at radius 1 is 0.960 bits per heavy atom. The molecule has 0 aliphatic carbocycles. The van der Waals surface area contributed by atoms with E-state index in [2.05, 4.69) is 17.4 Å². The highest BCUT2D eigenvalue weighted by atomic mass is 16.2. The zero-order valence-corrected chi connectivity index (χ0v) is 14.6. The Kier molecular flexibility index (Phi) is 5.49. The van der Waals surface area contributed by atoms with Crippen LogP contribution in [0.5, 0.6) is 0 Å². The minimum absolute atomic E-state index is 0.0337. The molecule has 1 aliphatic rings. The minimum atomic E-state index is -0.0337. The third-order valence-corrected chi connectivity index (χ3v) is 4.87. The van der Waals surface area contributed by atoms with Gasteiger partial charge in [0.25, 0.3) is 5.91 Å². The molecule has 2 aromatic rings. The Hall–Kier alpha value is -2.62. The molecule has 2 amide bonds. The molecule has 0 saturated carbocycles. The van der Waals surface area contributed by atoms with E-state index in [-0.39, 0.29) is 11.8 Å².